The van der Waals surface area contributed by atoms with Crippen LogP contribution in [0.5, 0.6) is 5.75 Å². The maximum absolute atomic E-state index is 5.58. The van der Waals surface area contributed by atoms with Crippen LogP contribution in [0.3, 0.4) is 0 Å². The maximum atomic E-state index is 5.58. The van der Waals surface area contributed by atoms with Crippen LogP contribution in [0.2, 0.25) is 0 Å². The number of hydrogen-bond acceptors (Lipinski definition) is 3. The molecule has 1 unspecified atom stereocenters. The molecule has 1 atom stereocenters. The zero-order valence-corrected chi connectivity index (χ0v) is 14.3. The predicted molar refractivity (Wildman–Crippen MR) is 97.2 cm³/mol. The second-order valence-electron chi connectivity index (χ2n) is 6.66. The lowest BCUT2D eigenvalue weighted by Gasteiger charge is -2.30. The first kappa shape index (κ1) is 15.5. The van der Waals surface area contributed by atoms with Crippen LogP contribution in [0.25, 0.3) is 0 Å². The first-order valence-corrected chi connectivity index (χ1v) is 8.95. The quantitative estimate of drug-likeness (QED) is 0.852. The molecule has 24 heavy (non-hydrogen) atoms. The smallest absolute Gasteiger partial charge is 0.122 e. The van der Waals surface area contributed by atoms with Crippen LogP contribution in [0.15, 0.2) is 42.5 Å². The minimum Gasteiger partial charge on any atom is -0.496 e. The van der Waals surface area contributed by atoms with Gasteiger partial charge in [-0.2, -0.15) is 0 Å². The highest BCUT2D eigenvalue weighted by Crippen LogP contribution is 2.40. The predicted octanol–water partition coefficient (Wildman–Crippen LogP) is 4.00. The van der Waals surface area contributed by atoms with E-state index in [-0.39, 0.29) is 0 Å². The minimum atomic E-state index is 0.489. The van der Waals surface area contributed by atoms with E-state index in [1.54, 1.807) is 7.11 Å². The van der Waals surface area contributed by atoms with Gasteiger partial charge in [-0.25, -0.2) is 0 Å². The number of methoxy groups -OCH3 is 1. The fourth-order valence-corrected chi connectivity index (χ4v) is 4.09. The van der Waals surface area contributed by atoms with Gasteiger partial charge in [0.25, 0.3) is 0 Å². The van der Waals surface area contributed by atoms with Crippen molar-refractivity contribution < 1.29 is 9.47 Å². The standard InChI is InChI=1S/C21H25NO2/c1-23-21-7-3-5-19-18(4-2-6-20(19)21)16-8-10-17(11-9-16)22-12-14-24-15-13-22/h3,5,7-11,18H,2,4,6,12-15H2,1H3. The van der Waals surface area contributed by atoms with Gasteiger partial charge in [-0.05, 0) is 54.2 Å². The van der Waals surface area contributed by atoms with Crippen LogP contribution in [-0.4, -0.2) is 33.4 Å². The topological polar surface area (TPSA) is 21.7 Å². The summed E-state index contributed by atoms with van der Waals surface area (Å²) in [5.74, 6) is 1.53. The van der Waals surface area contributed by atoms with Gasteiger partial charge >= 0.3 is 0 Å². The highest BCUT2D eigenvalue weighted by Gasteiger charge is 2.24. The lowest BCUT2D eigenvalue weighted by atomic mass is 9.78. The van der Waals surface area contributed by atoms with Gasteiger partial charge in [-0.15, -0.1) is 0 Å². The van der Waals surface area contributed by atoms with Crippen molar-refractivity contribution in [3.05, 3.63) is 59.2 Å². The molecule has 4 rings (SSSR count). The molecule has 0 saturated carbocycles. The fraction of sp³-hybridized carbons (Fsp3) is 0.429. The van der Waals surface area contributed by atoms with Crippen LogP contribution >= 0.6 is 0 Å². The summed E-state index contributed by atoms with van der Waals surface area (Å²) in [4.78, 5) is 2.41. The molecule has 2 aromatic rings. The third-order valence-electron chi connectivity index (χ3n) is 5.36. The van der Waals surface area contributed by atoms with Crippen molar-refractivity contribution in [2.24, 2.45) is 0 Å². The number of morpholine rings is 1. The maximum Gasteiger partial charge on any atom is 0.122 e. The van der Waals surface area contributed by atoms with Gasteiger partial charge in [-0.3, -0.25) is 0 Å². The number of benzene rings is 2. The van der Waals surface area contributed by atoms with Crippen molar-refractivity contribution in [3.63, 3.8) is 0 Å². The summed E-state index contributed by atoms with van der Waals surface area (Å²) in [6, 6.07) is 15.6. The van der Waals surface area contributed by atoms with E-state index in [0.29, 0.717) is 5.92 Å². The third-order valence-corrected chi connectivity index (χ3v) is 5.36. The summed E-state index contributed by atoms with van der Waals surface area (Å²) >= 11 is 0. The Morgan fingerprint density at radius 3 is 2.58 bits per heavy atom. The lowest BCUT2D eigenvalue weighted by molar-refractivity contribution is 0.122. The van der Waals surface area contributed by atoms with E-state index in [2.05, 4.69) is 47.4 Å². The van der Waals surface area contributed by atoms with E-state index in [1.807, 2.05) is 0 Å². The summed E-state index contributed by atoms with van der Waals surface area (Å²) in [6.45, 7) is 3.64. The molecule has 2 aromatic carbocycles. The first-order valence-electron chi connectivity index (χ1n) is 8.95. The summed E-state index contributed by atoms with van der Waals surface area (Å²) < 4.78 is 11.0. The third kappa shape index (κ3) is 2.89. The molecule has 126 valence electrons. The van der Waals surface area contributed by atoms with Crippen molar-refractivity contribution in [2.45, 2.75) is 25.2 Å². The summed E-state index contributed by atoms with van der Waals surface area (Å²) in [6.07, 6.45) is 3.57. The van der Waals surface area contributed by atoms with Crippen LogP contribution in [0, 0.1) is 0 Å². The minimum absolute atomic E-state index is 0.489. The molecule has 2 aliphatic rings. The molecule has 1 aliphatic carbocycles. The normalized spacial score (nSPS) is 20.5. The van der Waals surface area contributed by atoms with E-state index in [1.165, 1.54) is 35.2 Å². The number of nitrogens with zero attached hydrogens (tertiary/aromatic N) is 1. The zero-order chi connectivity index (χ0) is 16.4. The average Bonchev–Trinajstić information content (AvgIpc) is 2.68. The number of fused-ring (bicyclic) bond motifs is 1. The SMILES string of the molecule is COc1cccc2c1CCCC2c1ccc(N2CCOCC2)cc1. The molecule has 0 amide bonds. The Bertz CT molecular complexity index is 689. The number of anilines is 1. The largest absolute Gasteiger partial charge is 0.496 e. The van der Waals surface area contributed by atoms with Crippen LogP contribution in [0.1, 0.15) is 35.4 Å². The Morgan fingerprint density at radius 1 is 1.04 bits per heavy atom. The number of hydrogen-bond donors (Lipinski definition) is 0. The highest BCUT2D eigenvalue weighted by molar-refractivity contribution is 5.52. The molecule has 0 N–H and O–H groups in total. The molecule has 0 radical (unpaired) electrons. The summed E-state index contributed by atoms with van der Waals surface area (Å²) in [5, 5.41) is 0. The van der Waals surface area contributed by atoms with Crippen molar-refractivity contribution >= 4 is 5.69 Å². The number of rotatable bonds is 3. The van der Waals surface area contributed by atoms with E-state index in [9.17, 15) is 0 Å². The first-order chi connectivity index (χ1) is 11.9. The van der Waals surface area contributed by atoms with E-state index in [4.69, 9.17) is 9.47 Å². The molecule has 1 fully saturated rings. The monoisotopic (exact) mass is 323 g/mol. The van der Waals surface area contributed by atoms with Crippen LogP contribution < -0.4 is 9.64 Å². The second-order valence-corrected chi connectivity index (χ2v) is 6.66. The average molecular weight is 323 g/mol. The van der Waals surface area contributed by atoms with Crippen molar-refractivity contribution in [1.82, 2.24) is 0 Å². The van der Waals surface area contributed by atoms with Crippen LogP contribution in [0.4, 0.5) is 5.69 Å². The van der Waals surface area contributed by atoms with Gasteiger partial charge in [0, 0.05) is 24.7 Å². The molecular weight excluding hydrogens is 298 g/mol. The second kappa shape index (κ2) is 6.86. The molecule has 1 saturated heterocycles. The molecule has 1 heterocycles. The Morgan fingerprint density at radius 2 is 1.83 bits per heavy atom. The summed E-state index contributed by atoms with van der Waals surface area (Å²) in [7, 11) is 1.77. The molecule has 0 spiro atoms. The van der Waals surface area contributed by atoms with E-state index >= 15 is 0 Å². The van der Waals surface area contributed by atoms with Gasteiger partial charge < -0.3 is 14.4 Å². The molecule has 0 bridgehead atoms. The molecule has 1 aliphatic heterocycles. The van der Waals surface area contributed by atoms with E-state index in [0.717, 1.165) is 38.5 Å². The molecular formula is C21H25NO2. The van der Waals surface area contributed by atoms with Crippen molar-refractivity contribution in [1.29, 1.82) is 0 Å². The number of ether oxygens (including phenoxy) is 2. The van der Waals surface area contributed by atoms with Gasteiger partial charge in [0.15, 0.2) is 0 Å². The Balaban J connectivity index is 1.61. The van der Waals surface area contributed by atoms with Gasteiger partial charge in [0.2, 0.25) is 0 Å². The Labute approximate surface area is 144 Å². The van der Waals surface area contributed by atoms with Gasteiger partial charge in [0.05, 0.1) is 20.3 Å². The van der Waals surface area contributed by atoms with E-state index < -0.39 is 0 Å². The fourth-order valence-electron chi connectivity index (χ4n) is 4.09. The lowest BCUT2D eigenvalue weighted by Crippen LogP contribution is -2.36. The summed E-state index contributed by atoms with van der Waals surface area (Å²) in [5.41, 5.74) is 5.57. The van der Waals surface area contributed by atoms with Crippen molar-refractivity contribution in [2.75, 3.05) is 38.3 Å². The molecule has 0 aromatic heterocycles. The molecule has 3 nitrogen and oxygen atoms in total. The Hall–Kier alpha value is -2.00. The Kier molecular flexibility index (Phi) is 4.44. The van der Waals surface area contributed by atoms with Gasteiger partial charge in [-0.1, -0.05) is 24.3 Å². The zero-order valence-electron chi connectivity index (χ0n) is 14.3. The molecule has 3 heteroatoms. The van der Waals surface area contributed by atoms with Crippen molar-refractivity contribution in [3.8, 4) is 5.75 Å². The van der Waals surface area contributed by atoms with Gasteiger partial charge in [0.1, 0.15) is 5.75 Å². The highest BCUT2D eigenvalue weighted by atomic mass is 16.5. The van der Waals surface area contributed by atoms with Crippen LogP contribution in [-0.2, 0) is 11.2 Å².